The van der Waals surface area contributed by atoms with Crippen LogP contribution in [0.4, 0.5) is 29.3 Å². The van der Waals surface area contributed by atoms with Crippen LogP contribution in [0.2, 0.25) is 0 Å². The van der Waals surface area contributed by atoms with Crippen LogP contribution >= 0.6 is 22.6 Å². The number of amides is 2. The van der Waals surface area contributed by atoms with Crippen molar-refractivity contribution in [3.8, 4) is 0 Å². The highest BCUT2D eigenvalue weighted by molar-refractivity contribution is 14.1. The molecule has 116 valence electrons. The molecule has 3 nitrogen and oxygen atoms in total. The molecule has 0 unspecified atom stereocenters. The number of carbonyl (C=O) groups is 1. The van der Waals surface area contributed by atoms with Gasteiger partial charge in [0.25, 0.3) is 0 Å². The Morgan fingerprint density at radius 2 is 1.68 bits per heavy atom. The number of hydrogen-bond acceptors (Lipinski definition) is 1. The molecule has 0 aliphatic carbocycles. The maximum Gasteiger partial charge on any atom is 0.418 e. The number of halogens is 4. The summed E-state index contributed by atoms with van der Waals surface area (Å²) >= 11 is 2.13. The van der Waals surface area contributed by atoms with Gasteiger partial charge in [-0.2, -0.15) is 13.2 Å². The summed E-state index contributed by atoms with van der Waals surface area (Å²) in [6.07, 6.45) is -4.53. The van der Waals surface area contributed by atoms with E-state index in [1.165, 1.54) is 18.2 Å². The minimum Gasteiger partial charge on any atom is -0.307 e. The minimum absolute atomic E-state index is 0.282. The smallest absolute Gasteiger partial charge is 0.307 e. The van der Waals surface area contributed by atoms with Gasteiger partial charge in [-0.3, -0.25) is 0 Å². The lowest BCUT2D eigenvalue weighted by Gasteiger charge is -2.14. The molecule has 0 saturated heterocycles. The molecule has 0 aliphatic heterocycles. The maximum absolute atomic E-state index is 12.9. The number of benzene rings is 2. The van der Waals surface area contributed by atoms with Crippen LogP contribution in [0.3, 0.4) is 0 Å². The van der Waals surface area contributed by atoms with Gasteiger partial charge < -0.3 is 10.6 Å². The average Bonchev–Trinajstić information content (AvgIpc) is 2.41. The van der Waals surface area contributed by atoms with Crippen molar-refractivity contribution < 1.29 is 18.0 Å². The first kappa shape index (κ1) is 16.6. The molecule has 0 atom stereocenters. The van der Waals surface area contributed by atoms with E-state index in [2.05, 4.69) is 33.2 Å². The van der Waals surface area contributed by atoms with Gasteiger partial charge in [-0.25, -0.2) is 4.79 Å². The van der Waals surface area contributed by atoms with Gasteiger partial charge in [-0.15, -0.1) is 0 Å². The SMILES string of the molecule is Cc1cc(I)ccc1NC(=O)Nc1ccccc1C(F)(F)F. The maximum atomic E-state index is 12.9. The molecule has 0 saturated carbocycles. The number of para-hydroxylation sites is 1. The molecular formula is C15H12F3IN2O. The van der Waals surface area contributed by atoms with E-state index in [1.54, 1.807) is 19.1 Å². The van der Waals surface area contributed by atoms with Crippen LogP contribution in [-0.4, -0.2) is 6.03 Å². The second kappa shape index (κ2) is 6.55. The molecule has 2 aromatic rings. The van der Waals surface area contributed by atoms with E-state index in [-0.39, 0.29) is 5.69 Å². The van der Waals surface area contributed by atoms with Crippen LogP contribution in [-0.2, 0) is 6.18 Å². The fraction of sp³-hybridized carbons (Fsp3) is 0.133. The zero-order valence-corrected chi connectivity index (χ0v) is 13.6. The average molecular weight is 420 g/mol. The number of nitrogens with one attached hydrogen (secondary N) is 2. The first-order valence-electron chi connectivity index (χ1n) is 6.28. The Bertz CT molecular complexity index is 701. The Hall–Kier alpha value is -1.77. The summed E-state index contributed by atoms with van der Waals surface area (Å²) in [6, 6.07) is 9.48. The van der Waals surface area contributed by atoms with Gasteiger partial charge in [0, 0.05) is 9.26 Å². The fourth-order valence-electron chi connectivity index (χ4n) is 1.88. The zero-order valence-electron chi connectivity index (χ0n) is 11.5. The van der Waals surface area contributed by atoms with E-state index in [1.807, 2.05) is 6.07 Å². The lowest BCUT2D eigenvalue weighted by molar-refractivity contribution is -0.136. The lowest BCUT2D eigenvalue weighted by atomic mass is 10.1. The summed E-state index contributed by atoms with van der Waals surface area (Å²) in [7, 11) is 0. The fourth-order valence-corrected chi connectivity index (χ4v) is 2.53. The second-order valence-electron chi connectivity index (χ2n) is 4.58. The molecule has 0 aromatic heterocycles. The van der Waals surface area contributed by atoms with E-state index in [4.69, 9.17) is 0 Å². The number of hydrogen-bond donors (Lipinski definition) is 2. The van der Waals surface area contributed by atoms with Crippen molar-refractivity contribution in [3.63, 3.8) is 0 Å². The second-order valence-corrected chi connectivity index (χ2v) is 5.83. The first-order valence-corrected chi connectivity index (χ1v) is 7.35. The van der Waals surface area contributed by atoms with Crippen LogP contribution < -0.4 is 10.6 Å². The minimum atomic E-state index is -4.53. The van der Waals surface area contributed by atoms with Gasteiger partial charge in [0.15, 0.2) is 0 Å². The number of anilines is 2. The van der Waals surface area contributed by atoms with Gasteiger partial charge in [-0.1, -0.05) is 12.1 Å². The summed E-state index contributed by atoms with van der Waals surface area (Å²) in [5, 5.41) is 4.78. The molecule has 22 heavy (non-hydrogen) atoms. The van der Waals surface area contributed by atoms with E-state index in [9.17, 15) is 18.0 Å². The predicted octanol–water partition coefficient (Wildman–Crippen LogP) is 5.26. The number of alkyl halides is 3. The Labute approximate surface area is 139 Å². The Kier molecular flexibility index (Phi) is 4.94. The quantitative estimate of drug-likeness (QED) is 0.640. The summed E-state index contributed by atoms with van der Waals surface area (Å²) in [5.41, 5.74) is 0.203. The van der Waals surface area contributed by atoms with Crippen molar-refractivity contribution >= 4 is 40.0 Å². The summed E-state index contributed by atoms with van der Waals surface area (Å²) in [5.74, 6) is 0. The molecule has 0 aliphatic rings. The molecule has 2 amide bonds. The molecule has 2 rings (SSSR count). The molecule has 7 heteroatoms. The standard InChI is InChI=1S/C15H12F3IN2O/c1-9-8-10(19)6-7-12(9)20-14(22)21-13-5-3-2-4-11(13)15(16,17)18/h2-8H,1H3,(H2,20,21,22). The van der Waals surface area contributed by atoms with E-state index in [0.29, 0.717) is 5.69 Å². The molecule has 0 spiro atoms. The summed E-state index contributed by atoms with van der Waals surface area (Å²) in [4.78, 5) is 11.9. The van der Waals surface area contributed by atoms with Crippen LogP contribution in [0.5, 0.6) is 0 Å². The molecule has 0 radical (unpaired) electrons. The third-order valence-corrected chi connectivity index (χ3v) is 3.59. The monoisotopic (exact) mass is 420 g/mol. The lowest BCUT2D eigenvalue weighted by Crippen LogP contribution is -2.22. The highest BCUT2D eigenvalue weighted by Gasteiger charge is 2.33. The van der Waals surface area contributed by atoms with Crippen molar-refractivity contribution in [2.24, 2.45) is 0 Å². The molecule has 0 fully saturated rings. The summed E-state index contributed by atoms with van der Waals surface area (Å²) < 4.78 is 39.6. The van der Waals surface area contributed by atoms with Crippen LogP contribution in [0, 0.1) is 10.5 Å². The Morgan fingerprint density at radius 3 is 2.32 bits per heavy atom. The zero-order chi connectivity index (χ0) is 16.3. The third kappa shape index (κ3) is 4.12. The largest absolute Gasteiger partial charge is 0.418 e. The van der Waals surface area contributed by atoms with Crippen molar-refractivity contribution in [1.82, 2.24) is 0 Å². The molecular weight excluding hydrogens is 408 g/mol. The van der Waals surface area contributed by atoms with Crippen molar-refractivity contribution in [3.05, 3.63) is 57.2 Å². The molecule has 0 bridgehead atoms. The third-order valence-electron chi connectivity index (χ3n) is 2.92. The normalized spacial score (nSPS) is 11.1. The topological polar surface area (TPSA) is 41.1 Å². The highest BCUT2D eigenvalue weighted by Crippen LogP contribution is 2.34. The van der Waals surface area contributed by atoms with Gasteiger partial charge in [-0.05, 0) is 65.4 Å². The molecule has 2 N–H and O–H groups in total. The number of aryl methyl sites for hydroxylation is 1. The number of urea groups is 1. The Morgan fingerprint density at radius 1 is 1.05 bits per heavy atom. The molecule has 0 heterocycles. The first-order chi connectivity index (χ1) is 10.3. The highest BCUT2D eigenvalue weighted by atomic mass is 127. The van der Waals surface area contributed by atoms with Crippen molar-refractivity contribution in [2.45, 2.75) is 13.1 Å². The van der Waals surface area contributed by atoms with E-state index >= 15 is 0 Å². The van der Waals surface area contributed by atoms with Crippen LogP contribution in [0.25, 0.3) is 0 Å². The number of carbonyl (C=O) groups excluding carboxylic acids is 1. The van der Waals surface area contributed by atoms with Gasteiger partial charge in [0.1, 0.15) is 0 Å². The van der Waals surface area contributed by atoms with Gasteiger partial charge in [0.2, 0.25) is 0 Å². The molecule has 2 aromatic carbocycles. The van der Waals surface area contributed by atoms with Crippen LogP contribution in [0.1, 0.15) is 11.1 Å². The Balaban J connectivity index is 2.16. The van der Waals surface area contributed by atoms with Crippen molar-refractivity contribution in [2.75, 3.05) is 10.6 Å². The summed E-state index contributed by atoms with van der Waals surface area (Å²) in [6.45, 7) is 1.81. The van der Waals surface area contributed by atoms with E-state index in [0.717, 1.165) is 15.2 Å². The predicted molar refractivity (Wildman–Crippen MR) is 88.0 cm³/mol. The van der Waals surface area contributed by atoms with Gasteiger partial charge >= 0.3 is 12.2 Å². The van der Waals surface area contributed by atoms with Crippen molar-refractivity contribution in [1.29, 1.82) is 0 Å². The number of rotatable bonds is 2. The van der Waals surface area contributed by atoms with Crippen LogP contribution in [0.15, 0.2) is 42.5 Å². The van der Waals surface area contributed by atoms with Gasteiger partial charge in [0.05, 0.1) is 11.3 Å². The van der Waals surface area contributed by atoms with E-state index < -0.39 is 17.8 Å².